The SMILES string of the molecule is CCc1ccc(C(C(=O)Nc2ccccc2C)N(C(=O)CNC(=O)OC(C)(C)C)C(C)CCC(C)C)cc1. The van der Waals surface area contributed by atoms with Crippen molar-refractivity contribution in [2.75, 3.05) is 11.9 Å². The third-order valence-electron chi connectivity index (χ3n) is 6.34. The summed E-state index contributed by atoms with van der Waals surface area (Å²) in [6.45, 7) is 15.2. The van der Waals surface area contributed by atoms with Crippen molar-refractivity contribution in [3.63, 3.8) is 0 Å². The van der Waals surface area contributed by atoms with Crippen molar-refractivity contribution in [3.05, 3.63) is 65.2 Å². The molecule has 2 N–H and O–H groups in total. The van der Waals surface area contributed by atoms with E-state index in [4.69, 9.17) is 4.74 Å². The van der Waals surface area contributed by atoms with Crippen molar-refractivity contribution in [1.29, 1.82) is 0 Å². The fraction of sp³-hybridized carbons (Fsp3) is 0.516. The lowest BCUT2D eigenvalue weighted by Crippen LogP contribution is -2.50. The molecule has 0 spiro atoms. The Bertz CT molecular complexity index is 1070. The second-order valence-corrected chi connectivity index (χ2v) is 11.3. The number of nitrogens with one attached hydrogen (secondary N) is 2. The van der Waals surface area contributed by atoms with Gasteiger partial charge in [-0.25, -0.2) is 4.79 Å². The van der Waals surface area contributed by atoms with Crippen LogP contribution in [0.5, 0.6) is 0 Å². The number of benzene rings is 2. The van der Waals surface area contributed by atoms with Crippen LogP contribution in [-0.4, -0.2) is 41.0 Å². The number of para-hydroxylation sites is 1. The molecule has 2 unspecified atom stereocenters. The summed E-state index contributed by atoms with van der Waals surface area (Å²) < 4.78 is 5.32. The fourth-order valence-electron chi connectivity index (χ4n) is 4.20. The normalized spacial score (nSPS) is 13.0. The highest BCUT2D eigenvalue weighted by molar-refractivity contribution is 5.99. The minimum absolute atomic E-state index is 0.246. The predicted molar refractivity (Wildman–Crippen MR) is 153 cm³/mol. The summed E-state index contributed by atoms with van der Waals surface area (Å²) in [6, 6.07) is 14.2. The smallest absolute Gasteiger partial charge is 0.408 e. The van der Waals surface area contributed by atoms with Crippen molar-refractivity contribution in [3.8, 4) is 0 Å². The molecule has 2 atom stereocenters. The predicted octanol–water partition coefficient (Wildman–Crippen LogP) is 6.42. The van der Waals surface area contributed by atoms with E-state index in [2.05, 4.69) is 31.4 Å². The Hall–Kier alpha value is -3.35. The molecular weight excluding hydrogens is 478 g/mol. The first-order valence-electron chi connectivity index (χ1n) is 13.6. The highest BCUT2D eigenvalue weighted by atomic mass is 16.6. The molecule has 0 aliphatic heterocycles. The molecule has 2 rings (SSSR count). The highest BCUT2D eigenvalue weighted by Crippen LogP contribution is 2.29. The number of anilines is 1. The number of hydrogen-bond donors (Lipinski definition) is 2. The fourth-order valence-corrected chi connectivity index (χ4v) is 4.20. The lowest BCUT2D eigenvalue weighted by atomic mass is 9.97. The summed E-state index contributed by atoms with van der Waals surface area (Å²) in [5, 5.41) is 5.62. The standard InChI is InChI=1S/C31H45N3O4/c1-9-24-16-18-25(19-17-24)28(29(36)33-26-13-11-10-12-22(26)4)34(23(5)15-14-21(2)3)27(35)20-32-30(37)38-31(6,7)8/h10-13,16-19,21,23,28H,9,14-15,20H2,1-8H3,(H,32,37)(H,33,36). The number of hydrogen-bond acceptors (Lipinski definition) is 4. The third-order valence-corrected chi connectivity index (χ3v) is 6.34. The van der Waals surface area contributed by atoms with Crippen LogP contribution in [0.25, 0.3) is 0 Å². The molecule has 7 nitrogen and oxygen atoms in total. The Kier molecular flexibility index (Phi) is 11.4. The number of rotatable bonds is 11. The Balaban J connectivity index is 2.47. The molecule has 0 aliphatic carbocycles. The lowest BCUT2D eigenvalue weighted by Gasteiger charge is -2.37. The van der Waals surface area contributed by atoms with E-state index in [0.717, 1.165) is 36.0 Å². The Morgan fingerprint density at radius 1 is 0.947 bits per heavy atom. The van der Waals surface area contributed by atoms with Crippen molar-refractivity contribution in [2.45, 2.75) is 92.3 Å². The van der Waals surface area contributed by atoms with Crippen LogP contribution in [0.15, 0.2) is 48.5 Å². The van der Waals surface area contributed by atoms with E-state index in [0.29, 0.717) is 11.6 Å². The Morgan fingerprint density at radius 2 is 1.58 bits per heavy atom. The molecule has 3 amide bonds. The summed E-state index contributed by atoms with van der Waals surface area (Å²) >= 11 is 0. The van der Waals surface area contributed by atoms with Gasteiger partial charge in [-0.05, 0) is 82.6 Å². The molecule has 0 aromatic heterocycles. The van der Waals surface area contributed by atoms with Gasteiger partial charge in [0.15, 0.2) is 0 Å². The molecule has 2 aromatic carbocycles. The maximum Gasteiger partial charge on any atom is 0.408 e. The molecule has 2 aromatic rings. The van der Waals surface area contributed by atoms with Gasteiger partial charge in [0.1, 0.15) is 18.2 Å². The molecule has 7 heteroatoms. The molecule has 0 fully saturated rings. The first-order valence-corrected chi connectivity index (χ1v) is 13.6. The molecule has 0 heterocycles. The van der Waals surface area contributed by atoms with Crippen LogP contribution in [-0.2, 0) is 20.7 Å². The number of nitrogens with zero attached hydrogens (tertiary/aromatic N) is 1. The number of amides is 3. The second-order valence-electron chi connectivity index (χ2n) is 11.3. The molecule has 0 saturated heterocycles. The largest absolute Gasteiger partial charge is 0.444 e. The second kappa shape index (κ2) is 14.0. The number of alkyl carbamates (subject to hydrolysis) is 1. The summed E-state index contributed by atoms with van der Waals surface area (Å²) in [4.78, 5) is 41.6. The van der Waals surface area contributed by atoms with Crippen LogP contribution < -0.4 is 10.6 Å². The first-order chi connectivity index (χ1) is 17.8. The monoisotopic (exact) mass is 523 g/mol. The van der Waals surface area contributed by atoms with Crippen LogP contribution in [0.1, 0.15) is 84.0 Å². The number of aryl methyl sites for hydroxylation is 2. The maximum absolute atomic E-state index is 13.9. The van der Waals surface area contributed by atoms with E-state index < -0.39 is 17.7 Å². The maximum atomic E-state index is 13.9. The zero-order valence-corrected chi connectivity index (χ0v) is 24.3. The number of ether oxygens (including phenoxy) is 1. The molecule has 0 aliphatic rings. The van der Waals surface area contributed by atoms with Crippen molar-refractivity contribution in [2.24, 2.45) is 5.92 Å². The van der Waals surface area contributed by atoms with Crippen molar-refractivity contribution < 1.29 is 19.1 Å². The van der Waals surface area contributed by atoms with Gasteiger partial charge in [0.2, 0.25) is 5.91 Å². The minimum Gasteiger partial charge on any atom is -0.444 e. The molecule has 208 valence electrons. The Morgan fingerprint density at radius 3 is 2.13 bits per heavy atom. The topological polar surface area (TPSA) is 87.7 Å². The van der Waals surface area contributed by atoms with Crippen molar-refractivity contribution in [1.82, 2.24) is 10.2 Å². The van der Waals surface area contributed by atoms with Crippen LogP contribution >= 0.6 is 0 Å². The third kappa shape index (κ3) is 9.51. The average Bonchev–Trinajstić information content (AvgIpc) is 2.84. The summed E-state index contributed by atoms with van der Waals surface area (Å²) in [6.07, 6.45) is 1.81. The van der Waals surface area contributed by atoms with Gasteiger partial charge in [0.25, 0.3) is 5.91 Å². The minimum atomic E-state index is -0.879. The van der Waals surface area contributed by atoms with Gasteiger partial charge in [-0.2, -0.15) is 0 Å². The quantitative estimate of drug-likeness (QED) is 0.356. The van der Waals surface area contributed by atoms with Gasteiger partial charge in [-0.1, -0.05) is 63.2 Å². The van der Waals surface area contributed by atoms with Crippen LogP contribution in [0.4, 0.5) is 10.5 Å². The van der Waals surface area contributed by atoms with E-state index in [1.807, 2.05) is 62.4 Å². The molecule has 0 saturated carbocycles. The van der Waals surface area contributed by atoms with E-state index in [-0.39, 0.29) is 24.4 Å². The van der Waals surface area contributed by atoms with Gasteiger partial charge >= 0.3 is 6.09 Å². The summed E-state index contributed by atoms with van der Waals surface area (Å²) in [5.41, 5.74) is 2.80. The molecule has 38 heavy (non-hydrogen) atoms. The zero-order chi connectivity index (χ0) is 28.5. The van der Waals surface area contributed by atoms with Gasteiger partial charge in [-0.15, -0.1) is 0 Å². The molecular formula is C31H45N3O4. The van der Waals surface area contributed by atoms with E-state index >= 15 is 0 Å². The van der Waals surface area contributed by atoms with Crippen LogP contribution in [0.3, 0.4) is 0 Å². The average molecular weight is 524 g/mol. The van der Waals surface area contributed by atoms with Gasteiger partial charge < -0.3 is 20.3 Å². The van der Waals surface area contributed by atoms with Gasteiger partial charge in [0.05, 0.1) is 0 Å². The molecule has 0 bridgehead atoms. The van der Waals surface area contributed by atoms with Gasteiger partial charge in [-0.3, -0.25) is 9.59 Å². The first kappa shape index (κ1) is 30.9. The summed E-state index contributed by atoms with van der Waals surface area (Å²) in [5.74, 6) is -0.209. The summed E-state index contributed by atoms with van der Waals surface area (Å²) in [7, 11) is 0. The van der Waals surface area contributed by atoms with E-state index in [1.54, 1.807) is 25.7 Å². The molecule has 0 radical (unpaired) electrons. The number of carbonyl (C=O) groups is 3. The van der Waals surface area contributed by atoms with Gasteiger partial charge in [0, 0.05) is 11.7 Å². The van der Waals surface area contributed by atoms with Crippen LogP contribution in [0.2, 0.25) is 0 Å². The number of carbonyl (C=O) groups excluding carboxylic acids is 3. The lowest BCUT2D eigenvalue weighted by molar-refractivity contribution is -0.140. The van der Waals surface area contributed by atoms with E-state index in [9.17, 15) is 14.4 Å². The zero-order valence-electron chi connectivity index (χ0n) is 24.3. The highest BCUT2D eigenvalue weighted by Gasteiger charge is 2.35. The van der Waals surface area contributed by atoms with Crippen LogP contribution in [0, 0.1) is 12.8 Å². The Labute approximate surface area is 228 Å². The van der Waals surface area contributed by atoms with Crippen molar-refractivity contribution >= 4 is 23.6 Å². The van der Waals surface area contributed by atoms with E-state index in [1.165, 1.54) is 0 Å².